The lowest BCUT2D eigenvalue weighted by Gasteiger charge is -2.33. The van der Waals surface area contributed by atoms with Gasteiger partial charge in [-0.1, -0.05) is 195 Å². The molecule has 0 radical (unpaired) electrons. The second-order valence-electron chi connectivity index (χ2n) is 16.8. The largest absolute Gasteiger partial charge is 0.453 e. The number of rotatable bonds is 7. The van der Waals surface area contributed by atoms with E-state index in [1.54, 1.807) is 0 Å². The molecule has 12 rings (SSSR count). The van der Waals surface area contributed by atoms with E-state index in [1.807, 2.05) is 25.1 Å². The predicted octanol–water partition coefficient (Wildman–Crippen LogP) is 16.8. The van der Waals surface area contributed by atoms with E-state index in [9.17, 15) is 0 Å². The molecule has 0 N–H and O–H groups in total. The molecule has 2 heteroatoms. The first-order valence-corrected chi connectivity index (χ1v) is 22.1. The summed E-state index contributed by atoms with van der Waals surface area (Å²) >= 11 is 0. The highest BCUT2D eigenvalue weighted by atomic mass is 16.5. The lowest BCUT2D eigenvalue weighted by atomic mass is 9.70. The predicted molar refractivity (Wildman–Crippen MR) is 267 cm³/mol. The fraction of sp³-hybridized carbons (Fsp3) is 0.0323. The van der Waals surface area contributed by atoms with Gasteiger partial charge in [0.05, 0.1) is 16.8 Å². The van der Waals surface area contributed by atoms with Crippen LogP contribution in [0.2, 0.25) is 0 Å². The van der Waals surface area contributed by atoms with Gasteiger partial charge < -0.3 is 9.64 Å². The van der Waals surface area contributed by atoms with Crippen molar-refractivity contribution >= 4 is 22.6 Å². The van der Waals surface area contributed by atoms with Gasteiger partial charge in [-0.3, -0.25) is 0 Å². The van der Waals surface area contributed by atoms with Crippen LogP contribution < -0.4 is 9.64 Å². The summed E-state index contributed by atoms with van der Waals surface area (Å²) in [6.45, 7) is 6.00. The first-order chi connectivity index (χ1) is 31.6. The fourth-order valence-electron chi connectivity index (χ4n) is 10.7. The minimum Gasteiger partial charge on any atom is -0.453 e. The maximum absolute atomic E-state index is 6.80. The zero-order valence-corrected chi connectivity index (χ0v) is 35.5. The second kappa shape index (κ2) is 15.0. The molecule has 64 heavy (non-hydrogen) atoms. The van der Waals surface area contributed by atoms with Crippen LogP contribution >= 0.6 is 0 Å². The zero-order chi connectivity index (χ0) is 42.8. The molecule has 3 aliphatic rings. The molecule has 0 bridgehead atoms. The molecule has 0 saturated heterocycles. The van der Waals surface area contributed by atoms with Gasteiger partial charge in [0, 0.05) is 5.69 Å². The highest BCUT2D eigenvalue weighted by Crippen LogP contribution is 2.64. The van der Waals surface area contributed by atoms with Crippen LogP contribution in [0.3, 0.4) is 0 Å². The van der Waals surface area contributed by atoms with E-state index in [0.717, 1.165) is 56.4 Å². The van der Waals surface area contributed by atoms with E-state index in [1.165, 1.54) is 61.2 Å². The molecule has 2 nitrogen and oxygen atoms in total. The Bertz CT molecular complexity index is 3380. The third kappa shape index (κ3) is 5.66. The Kier molecular flexibility index (Phi) is 8.81. The van der Waals surface area contributed by atoms with Gasteiger partial charge >= 0.3 is 0 Å². The molecule has 0 aromatic heterocycles. The lowest BCUT2D eigenvalue weighted by Crippen LogP contribution is -2.25. The summed E-state index contributed by atoms with van der Waals surface area (Å²) in [5.74, 6) is 1.61. The molecule has 302 valence electrons. The molecule has 2 aliphatic carbocycles. The van der Waals surface area contributed by atoms with Crippen molar-refractivity contribution in [2.75, 3.05) is 4.90 Å². The van der Waals surface area contributed by atoms with Crippen LogP contribution in [-0.2, 0) is 5.41 Å². The van der Waals surface area contributed by atoms with Crippen LogP contribution in [0, 0.1) is 0 Å². The van der Waals surface area contributed by atoms with Crippen LogP contribution in [0.25, 0.3) is 61.2 Å². The van der Waals surface area contributed by atoms with E-state index < -0.39 is 5.41 Å². The number of nitrogens with zero attached hydrogens (tertiary/aromatic N) is 1. The normalized spacial score (nSPS) is 15.2. The van der Waals surface area contributed by atoms with Crippen molar-refractivity contribution in [1.82, 2.24) is 0 Å². The number of fused-ring (bicyclic) bond motifs is 12. The summed E-state index contributed by atoms with van der Waals surface area (Å²) in [6.07, 6.45) is 8.02. The molecule has 9 aromatic carbocycles. The van der Waals surface area contributed by atoms with E-state index >= 15 is 0 Å². The van der Waals surface area contributed by atoms with E-state index in [-0.39, 0.29) is 0 Å². The molecule has 9 aromatic rings. The molecule has 1 spiro atoms. The van der Waals surface area contributed by atoms with Crippen molar-refractivity contribution in [3.8, 4) is 67.1 Å². The smallest absolute Gasteiger partial charge is 0.152 e. The highest BCUT2D eigenvalue weighted by Gasteiger charge is 2.52. The molecule has 1 heterocycles. The Labute approximate surface area is 375 Å². The minimum absolute atomic E-state index is 0.419. The summed E-state index contributed by atoms with van der Waals surface area (Å²) in [5.41, 5.74) is 22.5. The average molecular weight is 818 g/mol. The second-order valence-corrected chi connectivity index (χ2v) is 16.8. The summed E-state index contributed by atoms with van der Waals surface area (Å²) in [4.78, 5) is 2.32. The fourth-order valence-corrected chi connectivity index (χ4v) is 10.7. The summed E-state index contributed by atoms with van der Waals surface area (Å²) in [7, 11) is 0. The van der Waals surface area contributed by atoms with Gasteiger partial charge in [-0.15, -0.1) is 0 Å². The molecule has 0 amide bonds. The Morgan fingerprint density at radius 3 is 1.78 bits per heavy atom. The number of anilines is 3. The van der Waals surface area contributed by atoms with Crippen molar-refractivity contribution in [3.05, 3.63) is 265 Å². The SMILES string of the molecule is C=C/C=C(\C=C/C)c1ccc2c(c1)Oc1cc(-c3ccccc3)ccc1N2c1ccc(-c2ccc3c(c2)-c2ccccc2C32c3ccccc3-c3c(-c4ccccc4)cccc32)cc1. The summed E-state index contributed by atoms with van der Waals surface area (Å²) < 4.78 is 6.80. The summed E-state index contributed by atoms with van der Waals surface area (Å²) in [5, 5.41) is 0. The molecular formula is C62H43NO. The quantitative estimate of drug-likeness (QED) is 0.149. The van der Waals surface area contributed by atoms with E-state index in [2.05, 4.69) is 224 Å². The topological polar surface area (TPSA) is 12.5 Å². The number of ether oxygens (including phenoxy) is 1. The Hall–Kier alpha value is -8.20. The van der Waals surface area contributed by atoms with Gasteiger partial charge in [0.25, 0.3) is 0 Å². The first kappa shape index (κ1) is 37.6. The highest BCUT2D eigenvalue weighted by molar-refractivity contribution is 6.00. The van der Waals surface area contributed by atoms with Crippen LogP contribution in [0.15, 0.2) is 237 Å². The third-order valence-corrected chi connectivity index (χ3v) is 13.4. The van der Waals surface area contributed by atoms with E-state index in [4.69, 9.17) is 4.74 Å². The number of hydrogen-bond donors (Lipinski definition) is 0. The van der Waals surface area contributed by atoms with Crippen molar-refractivity contribution in [2.24, 2.45) is 0 Å². The molecule has 1 aliphatic heterocycles. The van der Waals surface area contributed by atoms with Crippen LogP contribution in [0.5, 0.6) is 11.5 Å². The van der Waals surface area contributed by atoms with Crippen molar-refractivity contribution in [2.45, 2.75) is 12.3 Å². The first-order valence-electron chi connectivity index (χ1n) is 22.1. The maximum Gasteiger partial charge on any atom is 0.152 e. The third-order valence-electron chi connectivity index (χ3n) is 13.4. The van der Waals surface area contributed by atoms with Gasteiger partial charge in [-0.05, 0) is 138 Å². The number of benzene rings is 9. The Morgan fingerprint density at radius 2 is 1.03 bits per heavy atom. The molecule has 0 fully saturated rings. The maximum atomic E-state index is 6.80. The van der Waals surface area contributed by atoms with Crippen LogP contribution in [0.1, 0.15) is 34.7 Å². The minimum atomic E-state index is -0.419. The van der Waals surface area contributed by atoms with Crippen molar-refractivity contribution < 1.29 is 4.74 Å². The molecule has 1 unspecified atom stereocenters. The molecular weight excluding hydrogens is 775 g/mol. The Morgan fingerprint density at radius 1 is 0.469 bits per heavy atom. The van der Waals surface area contributed by atoms with Crippen molar-refractivity contribution in [3.63, 3.8) is 0 Å². The lowest BCUT2D eigenvalue weighted by molar-refractivity contribution is 0.477. The monoisotopic (exact) mass is 817 g/mol. The van der Waals surface area contributed by atoms with Gasteiger partial charge in [0.15, 0.2) is 11.5 Å². The Balaban J connectivity index is 0.969. The average Bonchev–Trinajstić information content (AvgIpc) is 3.83. The number of hydrogen-bond acceptors (Lipinski definition) is 2. The molecule has 0 saturated carbocycles. The van der Waals surface area contributed by atoms with Gasteiger partial charge in [-0.2, -0.15) is 0 Å². The number of allylic oxidation sites excluding steroid dienone is 5. The van der Waals surface area contributed by atoms with Gasteiger partial charge in [0.1, 0.15) is 0 Å². The van der Waals surface area contributed by atoms with Crippen molar-refractivity contribution in [1.29, 1.82) is 0 Å². The van der Waals surface area contributed by atoms with E-state index in [0.29, 0.717) is 0 Å². The zero-order valence-electron chi connectivity index (χ0n) is 35.5. The van der Waals surface area contributed by atoms with Crippen LogP contribution in [-0.4, -0.2) is 0 Å². The van der Waals surface area contributed by atoms with Crippen LogP contribution in [0.4, 0.5) is 17.1 Å². The summed E-state index contributed by atoms with van der Waals surface area (Å²) in [6, 6.07) is 75.5. The van der Waals surface area contributed by atoms with Gasteiger partial charge in [-0.25, -0.2) is 0 Å². The standard InChI is InChI=1S/C62H43NO/c1-3-16-41(17-4-2)46-31-36-57-59(39-46)64-60-40-47(42-18-7-5-8-19-42)32-37-58(60)63(57)48-33-28-43(29-34-48)45-30-35-55-52(38-45)50-22-11-13-25-53(50)62(55)54-26-14-12-23-51(54)61-49(24-15-27-56(61)62)44-20-9-6-10-21-44/h3-40H,1H2,2H3/b17-4-,41-16+. The molecule has 1 atom stereocenters. The van der Waals surface area contributed by atoms with Gasteiger partial charge in [0.2, 0.25) is 0 Å².